The Labute approximate surface area is 133 Å². The molecule has 128 valence electrons. The third-order valence-electron chi connectivity index (χ3n) is 0. The molecule has 0 spiro atoms. The molecule has 0 aromatic rings. The van der Waals surface area contributed by atoms with Gasteiger partial charge in [0.2, 0.25) is 0 Å². The van der Waals surface area contributed by atoms with Gasteiger partial charge in [-0.2, -0.15) is 0 Å². The van der Waals surface area contributed by atoms with Gasteiger partial charge in [-0.3, -0.25) is 0 Å². The molecular weight excluding hydrogens is 240 g/mol. The summed E-state index contributed by atoms with van der Waals surface area (Å²) in [5.41, 5.74) is 2.00. The molecule has 0 fully saturated rings. The Morgan fingerprint density at radius 3 is 0.200 bits per heavy atom. The lowest BCUT2D eigenvalue weighted by Gasteiger charge is -2.05. The lowest BCUT2D eigenvalue weighted by molar-refractivity contribution is 0.469. The maximum absolute atomic E-state index is 2.19. The summed E-state index contributed by atoms with van der Waals surface area (Å²) in [4.78, 5) is 0. The van der Waals surface area contributed by atoms with Gasteiger partial charge in [0.05, 0.1) is 0 Å². The van der Waals surface area contributed by atoms with Crippen LogP contribution in [0.15, 0.2) is 0 Å². The van der Waals surface area contributed by atoms with Crippen molar-refractivity contribution < 1.29 is 0 Å². The molecule has 0 aliphatic rings. The second kappa shape index (κ2) is 10.7. The van der Waals surface area contributed by atoms with Gasteiger partial charge < -0.3 is 0 Å². The van der Waals surface area contributed by atoms with Gasteiger partial charge in [-0.05, 0) is 21.7 Å². The number of hydrogen-bond donors (Lipinski definition) is 0. The summed E-state index contributed by atoms with van der Waals surface area (Å²) < 4.78 is 0. The van der Waals surface area contributed by atoms with Gasteiger partial charge in [-0.1, -0.05) is 111 Å². The summed E-state index contributed by atoms with van der Waals surface area (Å²) in [7, 11) is 0. The van der Waals surface area contributed by atoms with Crippen LogP contribution in [0.3, 0.4) is 0 Å². The standard InChI is InChI=1S/4C5H12/c4*1-5(2,3)4/h4*1-4H3. The fourth-order valence-electron chi connectivity index (χ4n) is 0. The van der Waals surface area contributed by atoms with E-state index in [0.29, 0.717) is 21.7 Å². The van der Waals surface area contributed by atoms with Crippen molar-refractivity contribution in [2.75, 3.05) is 0 Å². The van der Waals surface area contributed by atoms with Gasteiger partial charge in [0.25, 0.3) is 0 Å². The molecule has 0 heteroatoms. The van der Waals surface area contributed by atoms with Crippen molar-refractivity contribution >= 4 is 0 Å². The van der Waals surface area contributed by atoms with Crippen LogP contribution in [0.25, 0.3) is 0 Å². The highest BCUT2D eigenvalue weighted by molar-refractivity contribution is 4.48. The molecule has 0 unspecified atom stereocenters. The maximum atomic E-state index is 2.19. The Bertz CT molecular complexity index is 110. The van der Waals surface area contributed by atoms with Gasteiger partial charge in [0.1, 0.15) is 0 Å². The van der Waals surface area contributed by atoms with Crippen LogP contribution in [0.4, 0.5) is 0 Å². The minimum atomic E-state index is 0.500. The quantitative estimate of drug-likeness (QED) is 0.421. The van der Waals surface area contributed by atoms with E-state index in [2.05, 4.69) is 111 Å². The molecule has 0 nitrogen and oxygen atoms in total. The fourth-order valence-corrected chi connectivity index (χ4v) is 0. The molecule has 0 saturated carbocycles. The van der Waals surface area contributed by atoms with E-state index in [1.165, 1.54) is 0 Å². The highest BCUT2D eigenvalue weighted by Gasteiger charge is 1.96. The smallest absolute Gasteiger partial charge is 0.0411 e. The zero-order chi connectivity index (χ0) is 18.0. The molecule has 0 aliphatic heterocycles. The highest BCUT2D eigenvalue weighted by Crippen LogP contribution is 2.09. The second-order valence-electron chi connectivity index (χ2n) is 12.0. The Balaban J connectivity index is -0.0000000853. The van der Waals surface area contributed by atoms with Crippen LogP contribution < -0.4 is 0 Å². The van der Waals surface area contributed by atoms with E-state index in [4.69, 9.17) is 0 Å². The zero-order valence-electron chi connectivity index (χ0n) is 18.0. The third-order valence-corrected chi connectivity index (χ3v) is 0. The molecular formula is C20H48. The Morgan fingerprint density at radius 1 is 0.200 bits per heavy atom. The third kappa shape index (κ3) is 0. The first-order chi connectivity index (χ1) is 8.00. The molecule has 0 radical (unpaired) electrons. The van der Waals surface area contributed by atoms with E-state index in [1.807, 2.05) is 0 Å². The van der Waals surface area contributed by atoms with Gasteiger partial charge in [0, 0.05) is 0 Å². The van der Waals surface area contributed by atoms with Crippen molar-refractivity contribution in [1.82, 2.24) is 0 Å². The van der Waals surface area contributed by atoms with Crippen LogP contribution in [-0.4, -0.2) is 0 Å². The topological polar surface area (TPSA) is 0 Å². The van der Waals surface area contributed by atoms with E-state index in [0.717, 1.165) is 0 Å². The average molecular weight is 289 g/mol. The van der Waals surface area contributed by atoms with Gasteiger partial charge in [-0.25, -0.2) is 0 Å². The molecule has 0 rings (SSSR count). The maximum Gasteiger partial charge on any atom is -0.0411 e. The molecule has 0 atom stereocenters. The molecule has 0 saturated heterocycles. The Hall–Kier alpha value is 0. The van der Waals surface area contributed by atoms with Crippen LogP contribution in [0.2, 0.25) is 0 Å². The van der Waals surface area contributed by atoms with Crippen molar-refractivity contribution in [3.8, 4) is 0 Å². The zero-order valence-corrected chi connectivity index (χ0v) is 18.0. The van der Waals surface area contributed by atoms with E-state index >= 15 is 0 Å². The van der Waals surface area contributed by atoms with Gasteiger partial charge in [0.15, 0.2) is 0 Å². The first-order valence-electron chi connectivity index (χ1n) is 8.00. The van der Waals surface area contributed by atoms with Crippen LogP contribution in [0.5, 0.6) is 0 Å². The molecule has 0 N–H and O–H groups in total. The largest absolute Gasteiger partial charge is 0.0604 e. The first-order valence-corrected chi connectivity index (χ1v) is 8.00. The summed E-state index contributed by atoms with van der Waals surface area (Å²) >= 11 is 0. The first kappa shape index (κ1) is 28.2. The Kier molecular flexibility index (Phi) is 15.1. The summed E-state index contributed by atoms with van der Waals surface area (Å²) in [5.74, 6) is 0. The van der Waals surface area contributed by atoms with Crippen molar-refractivity contribution in [3.63, 3.8) is 0 Å². The van der Waals surface area contributed by atoms with Crippen molar-refractivity contribution in [1.29, 1.82) is 0 Å². The number of hydrogen-bond acceptors (Lipinski definition) is 0. The lowest BCUT2D eigenvalue weighted by atomic mass is 10.0. The van der Waals surface area contributed by atoms with Crippen molar-refractivity contribution in [3.05, 3.63) is 0 Å². The van der Waals surface area contributed by atoms with Crippen LogP contribution >= 0.6 is 0 Å². The highest BCUT2D eigenvalue weighted by atomic mass is 14.0. The summed E-state index contributed by atoms with van der Waals surface area (Å²) in [5, 5.41) is 0. The number of rotatable bonds is 0. The second-order valence-corrected chi connectivity index (χ2v) is 12.0. The molecule has 0 bridgehead atoms. The molecule has 0 heterocycles. The lowest BCUT2D eigenvalue weighted by Crippen LogP contribution is -1.93. The van der Waals surface area contributed by atoms with Crippen LogP contribution in [-0.2, 0) is 0 Å². The molecule has 0 aromatic heterocycles. The van der Waals surface area contributed by atoms with E-state index in [-0.39, 0.29) is 0 Å². The van der Waals surface area contributed by atoms with Crippen LogP contribution in [0.1, 0.15) is 111 Å². The van der Waals surface area contributed by atoms with Gasteiger partial charge in [-0.15, -0.1) is 0 Å². The van der Waals surface area contributed by atoms with E-state index < -0.39 is 0 Å². The van der Waals surface area contributed by atoms with E-state index in [9.17, 15) is 0 Å². The van der Waals surface area contributed by atoms with E-state index in [1.54, 1.807) is 0 Å². The predicted molar refractivity (Wildman–Crippen MR) is 101 cm³/mol. The Morgan fingerprint density at radius 2 is 0.200 bits per heavy atom. The molecule has 0 aromatic carbocycles. The van der Waals surface area contributed by atoms with Gasteiger partial charge >= 0.3 is 0 Å². The van der Waals surface area contributed by atoms with Crippen molar-refractivity contribution in [2.45, 2.75) is 111 Å². The summed E-state index contributed by atoms with van der Waals surface area (Å²) in [6.07, 6.45) is 0. The molecule has 20 heavy (non-hydrogen) atoms. The van der Waals surface area contributed by atoms with Crippen molar-refractivity contribution in [2.24, 2.45) is 21.7 Å². The predicted octanol–water partition coefficient (Wildman–Crippen LogP) is 8.21. The minimum Gasteiger partial charge on any atom is -0.0604 e. The monoisotopic (exact) mass is 288 g/mol. The SMILES string of the molecule is CC(C)(C)C.CC(C)(C)C.CC(C)(C)C.CC(C)(C)C. The molecule has 0 amide bonds. The van der Waals surface area contributed by atoms with Crippen LogP contribution in [0, 0.1) is 21.7 Å². The molecule has 0 aliphatic carbocycles. The normalized spacial score (nSPS) is 12.0. The summed E-state index contributed by atoms with van der Waals surface area (Å²) in [6.45, 7) is 35.0. The summed E-state index contributed by atoms with van der Waals surface area (Å²) in [6, 6.07) is 0. The average Bonchev–Trinajstić information content (AvgIpc) is 1.62. The fraction of sp³-hybridized carbons (Fsp3) is 1.00. The minimum absolute atomic E-state index is 0.500.